The Bertz CT molecular complexity index is 492. The van der Waals surface area contributed by atoms with Crippen molar-refractivity contribution in [2.75, 3.05) is 0 Å². The van der Waals surface area contributed by atoms with Crippen LogP contribution in [0.1, 0.15) is 31.0 Å². The molecule has 0 aromatic heterocycles. The summed E-state index contributed by atoms with van der Waals surface area (Å²) in [6, 6.07) is 20.0. The Hall–Kier alpha value is -1.12. The van der Waals surface area contributed by atoms with Gasteiger partial charge in [-0.3, -0.25) is 0 Å². The SMILES string of the molecule is CC(Cc1ccc(Br)cc1)NC(C)c1ccccc1. The molecule has 0 fully saturated rings. The summed E-state index contributed by atoms with van der Waals surface area (Å²) in [5.74, 6) is 0. The smallest absolute Gasteiger partial charge is 0.0294 e. The second-order valence-electron chi connectivity index (χ2n) is 5.03. The normalized spacial score (nSPS) is 14.1. The number of benzene rings is 2. The Labute approximate surface area is 124 Å². The quantitative estimate of drug-likeness (QED) is 0.840. The molecule has 2 aromatic carbocycles. The molecule has 0 heterocycles. The molecule has 0 aliphatic carbocycles. The van der Waals surface area contributed by atoms with Gasteiger partial charge in [0.25, 0.3) is 0 Å². The third-order valence-corrected chi connectivity index (χ3v) is 3.82. The van der Waals surface area contributed by atoms with Crippen molar-refractivity contribution in [1.29, 1.82) is 0 Å². The summed E-state index contributed by atoms with van der Waals surface area (Å²) in [7, 11) is 0. The largest absolute Gasteiger partial charge is 0.307 e. The summed E-state index contributed by atoms with van der Waals surface area (Å²) in [6.45, 7) is 4.45. The molecule has 0 bridgehead atoms. The van der Waals surface area contributed by atoms with Crippen LogP contribution in [0, 0.1) is 0 Å². The molecule has 0 saturated heterocycles. The number of nitrogens with one attached hydrogen (secondary N) is 1. The highest BCUT2D eigenvalue weighted by atomic mass is 79.9. The lowest BCUT2D eigenvalue weighted by Crippen LogP contribution is -2.30. The predicted octanol–water partition coefficient (Wildman–Crippen LogP) is 4.73. The van der Waals surface area contributed by atoms with E-state index in [2.05, 4.69) is 89.7 Å². The average molecular weight is 318 g/mol. The zero-order valence-electron chi connectivity index (χ0n) is 11.4. The third kappa shape index (κ3) is 4.48. The number of hydrogen-bond acceptors (Lipinski definition) is 1. The minimum atomic E-state index is 0.381. The van der Waals surface area contributed by atoms with E-state index in [1.807, 2.05) is 0 Å². The van der Waals surface area contributed by atoms with Crippen LogP contribution in [-0.2, 0) is 6.42 Å². The summed E-state index contributed by atoms with van der Waals surface area (Å²) < 4.78 is 1.13. The van der Waals surface area contributed by atoms with E-state index in [4.69, 9.17) is 0 Å². The fraction of sp³-hybridized carbons (Fsp3) is 0.294. The summed E-state index contributed by atoms with van der Waals surface area (Å²) in [5, 5.41) is 3.65. The van der Waals surface area contributed by atoms with Gasteiger partial charge in [-0.15, -0.1) is 0 Å². The van der Waals surface area contributed by atoms with E-state index in [0.717, 1.165) is 10.9 Å². The summed E-state index contributed by atoms with van der Waals surface area (Å²) in [5.41, 5.74) is 2.70. The first-order chi connectivity index (χ1) is 9.15. The monoisotopic (exact) mass is 317 g/mol. The van der Waals surface area contributed by atoms with E-state index >= 15 is 0 Å². The number of halogens is 1. The molecule has 2 heteroatoms. The maximum atomic E-state index is 3.65. The van der Waals surface area contributed by atoms with Crippen molar-refractivity contribution in [3.8, 4) is 0 Å². The van der Waals surface area contributed by atoms with Crippen LogP contribution in [0.4, 0.5) is 0 Å². The Morgan fingerprint density at radius 1 is 0.947 bits per heavy atom. The first-order valence-corrected chi connectivity index (χ1v) is 7.50. The van der Waals surface area contributed by atoms with Crippen molar-refractivity contribution in [2.24, 2.45) is 0 Å². The van der Waals surface area contributed by atoms with Crippen LogP contribution in [0.5, 0.6) is 0 Å². The van der Waals surface area contributed by atoms with Gasteiger partial charge >= 0.3 is 0 Å². The maximum Gasteiger partial charge on any atom is 0.0294 e. The van der Waals surface area contributed by atoms with Crippen LogP contribution < -0.4 is 5.32 Å². The van der Waals surface area contributed by atoms with E-state index in [1.54, 1.807) is 0 Å². The molecule has 1 N–H and O–H groups in total. The van der Waals surface area contributed by atoms with E-state index < -0.39 is 0 Å². The van der Waals surface area contributed by atoms with E-state index in [1.165, 1.54) is 11.1 Å². The first kappa shape index (κ1) is 14.3. The minimum Gasteiger partial charge on any atom is -0.307 e. The number of rotatable bonds is 5. The predicted molar refractivity (Wildman–Crippen MR) is 85.3 cm³/mol. The van der Waals surface area contributed by atoms with Gasteiger partial charge in [-0.25, -0.2) is 0 Å². The van der Waals surface area contributed by atoms with Crippen LogP contribution in [0.25, 0.3) is 0 Å². The number of hydrogen-bond donors (Lipinski definition) is 1. The molecule has 0 aliphatic heterocycles. The van der Waals surface area contributed by atoms with Gasteiger partial charge in [-0.1, -0.05) is 58.4 Å². The van der Waals surface area contributed by atoms with Crippen molar-refractivity contribution in [1.82, 2.24) is 5.32 Å². The average Bonchev–Trinajstić information content (AvgIpc) is 2.42. The van der Waals surface area contributed by atoms with Crippen molar-refractivity contribution < 1.29 is 0 Å². The maximum absolute atomic E-state index is 3.65. The lowest BCUT2D eigenvalue weighted by Gasteiger charge is -2.20. The van der Waals surface area contributed by atoms with Gasteiger partial charge in [-0.2, -0.15) is 0 Å². The van der Waals surface area contributed by atoms with Gasteiger partial charge in [0.2, 0.25) is 0 Å². The van der Waals surface area contributed by atoms with Gasteiger partial charge in [0.05, 0.1) is 0 Å². The van der Waals surface area contributed by atoms with Gasteiger partial charge in [0, 0.05) is 16.6 Å². The summed E-state index contributed by atoms with van der Waals surface area (Å²) in [4.78, 5) is 0. The summed E-state index contributed by atoms with van der Waals surface area (Å²) >= 11 is 3.47. The van der Waals surface area contributed by atoms with Crippen molar-refractivity contribution in [3.63, 3.8) is 0 Å². The molecule has 2 rings (SSSR count). The Balaban J connectivity index is 1.90. The van der Waals surface area contributed by atoms with Crippen molar-refractivity contribution >= 4 is 15.9 Å². The molecule has 0 radical (unpaired) electrons. The fourth-order valence-electron chi connectivity index (χ4n) is 2.30. The molecule has 0 saturated carbocycles. The lowest BCUT2D eigenvalue weighted by molar-refractivity contribution is 0.477. The molecular formula is C17H20BrN. The molecule has 0 aliphatic rings. The molecule has 1 nitrogen and oxygen atoms in total. The second kappa shape index (κ2) is 6.88. The highest BCUT2D eigenvalue weighted by molar-refractivity contribution is 9.10. The summed E-state index contributed by atoms with van der Waals surface area (Å²) in [6.07, 6.45) is 1.05. The Kier molecular flexibility index (Phi) is 5.17. The second-order valence-corrected chi connectivity index (χ2v) is 5.95. The zero-order chi connectivity index (χ0) is 13.7. The molecular weight excluding hydrogens is 298 g/mol. The topological polar surface area (TPSA) is 12.0 Å². The lowest BCUT2D eigenvalue weighted by atomic mass is 10.0. The van der Waals surface area contributed by atoms with E-state index in [9.17, 15) is 0 Å². The van der Waals surface area contributed by atoms with Gasteiger partial charge in [-0.05, 0) is 43.5 Å². The van der Waals surface area contributed by atoms with Gasteiger partial charge in [0.15, 0.2) is 0 Å². The van der Waals surface area contributed by atoms with Crippen LogP contribution in [0.15, 0.2) is 59.1 Å². The van der Waals surface area contributed by atoms with Crippen molar-refractivity contribution in [3.05, 3.63) is 70.2 Å². The van der Waals surface area contributed by atoms with Crippen molar-refractivity contribution in [2.45, 2.75) is 32.4 Å². The fourth-order valence-corrected chi connectivity index (χ4v) is 2.56. The van der Waals surface area contributed by atoms with Crippen LogP contribution in [-0.4, -0.2) is 6.04 Å². The Morgan fingerprint density at radius 3 is 2.21 bits per heavy atom. The van der Waals surface area contributed by atoms with Crippen LogP contribution in [0.2, 0.25) is 0 Å². The molecule has 100 valence electrons. The molecule has 19 heavy (non-hydrogen) atoms. The molecule has 2 unspecified atom stereocenters. The highest BCUT2D eigenvalue weighted by Crippen LogP contribution is 2.15. The van der Waals surface area contributed by atoms with E-state index in [-0.39, 0.29) is 0 Å². The molecule has 2 aromatic rings. The van der Waals surface area contributed by atoms with E-state index in [0.29, 0.717) is 12.1 Å². The molecule has 2 atom stereocenters. The Morgan fingerprint density at radius 2 is 1.58 bits per heavy atom. The van der Waals surface area contributed by atoms with Crippen LogP contribution in [0.3, 0.4) is 0 Å². The zero-order valence-corrected chi connectivity index (χ0v) is 13.0. The third-order valence-electron chi connectivity index (χ3n) is 3.29. The van der Waals surface area contributed by atoms with Gasteiger partial charge in [0.1, 0.15) is 0 Å². The molecule has 0 amide bonds. The minimum absolute atomic E-state index is 0.381. The van der Waals surface area contributed by atoms with Crippen LogP contribution >= 0.6 is 15.9 Å². The highest BCUT2D eigenvalue weighted by Gasteiger charge is 2.09. The van der Waals surface area contributed by atoms with Gasteiger partial charge < -0.3 is 5.32 Å². The molecule has 0 spiro atoms. The standard InChI is InChI=1S/C17H20BrN/c1-13(12-15-8-10-17(18)11-9-15)19-14(2)16-6-4-3-5-7-16/h3-11,13-14,19H,12H2,1-2H3. The first-order valence-electron chi connectivity index (χ1n) is 6.70.